The summed E-state index contributed by atoms with van der Waals surface area (Å²) in [6, 6.07) is 10.6. The summed E-state index contributed by atoms with van der Waals surface area (Å²) >= 11 is 3.75. The van der Waals surface area contributed by atoms with Crippen LogP contribution in [0.25, 0.3) is 5.57 Å². The van der Waals surface area contributed by atoms with E-state index in [1.165, 1.54) is 15.6 Å². The lowest BCUT2D eigenvalue weighted by Gasteiger charge is -2.39. The van der Waals surface area contributed by atoms with Gasteiger partial charge in [-0.05, 0) is 42.1 Å². The zero-order valence-electron chi connectivity index (χ0n) is 13.2. The molecule has 1 aromatic rings. The number of hydrogen-bond donors (Lipinski definition) is 0. The van der Waals surface area contributed by atoms with Crippen LogP contribution in [-0.2, 0) is 4.43 Å². The minimum atomic E-state index is -1.73. The Kier molecular flexibility index (Phi) is 4.62. The first-order chi connectivity index (χ1) is 9.22. The third kappa shape index (κ3) is 3.26. The van der Waals surface area contributed by atoms with E-state index in [1.54, 1.807) is 0 Å². The summed E-state index contributed by atoms with van der Waals surface area (Å²) in [5.41, 5.74) is 2.65. The van der Waals surface area contributed by atoms with Crippen molar-refractivity contribution in [2.45, 2.75) is 57.8 Å². The smallest absolute Gasteiger partial charge is 0.192 e. The summed E-state index contributed by atoms with van der Waals surface area (Å²) in [5, 5.41) is 0.254. The van der Waals surface area contributed by atoms with Gasteiger partial charge >= 0.3 is 0 Å². The van der Waals surface area contributed by atoms with Crippen LogP contribution >= 0.6 is 15.9 Å². The fourth-order valence-electron chi connectivity index (χ4n) is 2.32. The third-order valence-electron chi connectivity index (χ3n) is 4.57. The Morgan fingerprint density at radius 2 is 1.75 bits per heavy atom. The summed E-state index contributed by atoms with van der Waals surface area (Å²) in [5.74, 6) is 0. The van der Waals surface area contributed by atoms with Crippen LogP contribution in [0.4, 0.5) is 0 Å². The van der Waals surface area contributed by atoms with Crippen molar-refractivity contribution in [3.8, 4) is 0 Å². The second-order valence-corrected chi connectivity index (χ2v) is 12.8. The molecule has 0 aliphatic heterocycles. The molecule has 0 amide bonds. The minimum Gasteiger partial charge on any atom is -0.410 e. The summed E-state index contributed by atoms with van der Waals surface area (Å²) in [6.07, 6.45) is 2.42. The molecule has 0 fully saturated rings. The lowest BCUT2D eigenvalue weighted by Crippen LogP contribution is -2.43. The quantitative estimate of drug-likeness (QED) is 0.608. The van der Waals surface area contributed by atoms with Crippen molar-refractivity contribution >= 4 is 29.8 Å². The third-order valence-corrected chi connectivity index (χ3v) is 9.88. The van der Waals surface area contributed by atoms with E-state index in [0.717, 1.165) is 12.8 Å². The molecule has 0 spiro atoms. The molecule has 0 N–H and O–H groups in total. The lowest BCUT2D eigenvalue weighted by molar-refractivity contribution is 0.232. The van der Waals surface area contributed by atoms with E-state index < -0.39 is 8.32 Å². The van der Waals surface area contributed by atoms with E-state index >= 15 is 0 Å². The largest absolute Gasteiger partial charge is 0.410 e. The molecule has 3 heteroatoms. The number of hydrogen-bond acceptors (Lipinski definition) is 1. The maximum absolute atomic E-state index is 6.65. The molecule has 1 aliphatic carbocycles. The first kappa shape index (κ1) is 16.0. The molecule has 0 radical (unpaired) electrons. The van der Waals surface area contributed by atoms with Gasteiger partial charge in [0.15, 0.2) is 8.32 Å². The first-order valence-corrected chi connectivity index (χ1v) is 11.0. The van der Waals surface area contributed by atoms with E-state index in [9.17, 15) is 0 Å². The zero-order valence-corrected chi connectivity index (χ0v) is 15.8. The second-order valence-electron chi connectivity index (χ2n) is 7.09. The van der Waals surface area contributed by atoms with Crippen LogP contribution in [0.15, 0.2) is 34.8 Å². The van der Waals surface area contributed by atoms with Gasteiger partial charge in [-0.3, -0.25) is 0 Å². The SMILES string of the molecule is CC(C)(C)[Si](C)(C)OC1CCC(Br)=C1c1ccccc1. The number of benzene rings is 1. The molecule has 1 atom stereocenters. The molecule has 0 saturated carbocycles. The highest BCUT2D eigenvalue weighted by Crippen LogP contribution is 2.44. The van der Waals surface area contributed by atoms with Crippen molar-refractivity contribution in [3.05, 3.63) is 40.4 Å². The van der Waals surface area contributed by atoms with Crippen LogP contribution in [0.5, 0.6) is 0 Å². The molecular weight excluding hydrogens is 328 g/mol. The molecule has 20 heavy (non-hydrogen) atoms. The highest BCUT2D eigenvalue weighted by atomic mass is 79.9. The van der Waals surface area contributed by atoms with Gasteiger partial charge in [0.25, 0.3) is 0 Å². The predicted molar refractivity (Wildman–Crippen MR) is 93.6 cm³/mol. The van der Waals surface area contributed by atoms with Crippen LogP contribution in [0.2, 0.25) is 18.1 Å². The van der Waals surface area contributed by atoms with Gasteiger partial charge in [-0.1, -0.05) is 67.0 Å². The highest BCUT2D eigenvalue weighted by molar-refractivity contribution is 9.11. The molecule has 1 nitrogen and oxygen atoms in total. The predicted octanol–water partition coefficient (Wildman–Crippen LogP) is 5.98. The molecule has 0 bridgehead atoms. The Morgan fingerprint density at radius 1 is 1.15 bits per heavy atom. The van der Waals surface area contributed by atoms with Crippen molar-refractivity contribution in [1.82, 2.24) is 0 Å². The molecule has 1 aromatic carbocycles. The maximum atomic E-state index is 6.65. The van der Waals surface area contributed by atoms with Crippen LogP contribution in [0, 0.1) is 0 Å². The maximum Gasteiger partial charge on any atom is 0.192 e. The first-order valence-electron chi connectivity index (χ1n) is 7.34. The van der Waals surface area contributed by atoms with Gasteiger partial charge in [0.2, 0.25) is 0 Å². The normalized spacial score (nSPS) is 20.6. The van der Waals surface area contributed by atoms with Gasteiger partial charge in [0, 0.05) is 4.48 Å². The topological polar surface area (TPSA) is 9.23 Å². The Bertz CT molecular complexity index is 499. The standard InChI is InChI=1S/C17H25BrOSi/c1-17(2,3)20(4,5)19-15-12-11-14(18)16(15)13-9-7-6-8-10-13/h6-10,15H,11-12H2,1-5H3. The van der Waals surface area contributed by atoms with E-state index in [0.29, 0.717) is 0 Å². The van der Waals surface area contributed by atoms with E-state index in [2.05, 4.69) is 80.1 Å². The van der Waals surface area contributed by atoms with Crippen molar-refractivity contribution < 1.29 is 4.43 Å². The van der Waals surface area contributed by atoms with E-state index in [4.69, 9.17) is 4.43 Å². The number of halogens is 1. The van der Waals surface area contributed by atoms with Gasteiger partial charge in [0.05, 0.1) is 6.10 Å². The van der Waals surface area contributed by atoms with E-state index in [1.807, 2.05) is 0 Å². The average Bonchev–Trinajstić information content (AvgIpc) is 2.69. The fourth-order valence-corrected chi connectivity index (χ4v) is 4.34. The minimum absolute atomic E-state index is 0.243. The van der Waals surface area contributed by atoms with Crippen LogP contribution < -0.4 is 0 Å². The molecule has 0 heterocycles. The Hall–Kier alpha value is -0.383. The number of rotatable bonds is 3. The lowest BCUT2D eigenvalue weighted by atomic mass is 10.0. The Balaban J connectivity index is 2.26. The average molecular weight is 353 g/mol. The van der Waals surface area contributed by atoms with Crippen LogP contribution in [0.3, 0.4) is 0 Å². The molecule has 1 aliphatic rings. The van der Waals surface area contributed by atoms with Gasteiger partial charge in [-0.25, -0.2) is 0 Å². The van der Waals surface area contributed by atoms with Gasteiger partial charge in [0.1, 0.15) is 0 Å². The van der Waals surface area contributed by atoms with Crippen molar-refractivity contribution in [2.75, 3.05) is 0 Å². The van der Waals surface area contributed by atoms with Gasteiger partial charge in [-0.2, -0.15) is 0 Å². The Morgan fingerprint density at radius 3 is 2.30 bits per heavy atom. The summed E-state index contributed by atoms with van der Waals surface area (Å²) in [6.45, 7) is 11.6. The van der Waals surface area contributed by atoms with E-state index in [-0.39, 0.29) is 11.1 Å². The second kappa shape index (κ2) is 5.78. The zero-order chi connectivity index (χ0) is 15.0. The monoisotopic (exact) mass is 352 g/mol. The summed E-state index contributed by atoms with van der Waals surface area (Å²) < 4.78 is 7.96. The molecule has 2 rings (SSSR count). The van der Waals surface area contributed by atoms with Crippen LogP contribution in [0.1, 0.15) is 39.2 Å². The van der Waals surface area contributed by atoms with Gasteiger partial charge < -0.3 is 4.43 Å². The number of allylic oxidation sites excluding steroid dienone is 1. The summed E-state index contributed by atoms with van der Waals surface area (Å²) in [4.78, 5) is 0. The Labute approximate surface area is 132 Å². The highest BCUT2D eigenvalue weighted by Gasteiger charge is 2.41. The molecular formula is C17H25BrOSi. The van der Waals surface area contributed by atoms with Gasteiger partial charge in [-0.15, -0.1) is 0 Å². The molecule has 0 aromatic heterocycles. The fraction of sp³-hybridized carbons (Fsp3) is 0.529. The van der Waals surface area contributed by atoms with Crippen LogP contribution in [-0.4, -0.2) is 14.4 Å². The molecule has 0 saturated heterocycles. The van der Waals surface area contributed by atoms with Crippen molar-refractivity contribution in [2.24, 2.45) is 0 Å². The van der Waals surface area contributed by atoms with Crippen molar-refractivity contribution in [3.63, 3.8) is 0 Å². The van der Waals surface area contributed by atoms with Crippen molar-refractivity contribution in [1.29, 1.82) is 0 Å². The molecule has 1 unspecified atom stereocenters. The molecule has 110 valence electrons. The summed E-state index contributed by atoms with van der Waals surface area (Å²) in [7, 11) is -1.73.